The summed E-state index contributed by atoms with van der Waals surface area (Å²) >= 11 is 11.7. The van der Waals surface area contributed by atoms with Gasteiger partial charge in [0.2, 0.25) is 6.10 Å². The maximum absolute atomic E-state index is 11.8. The number of rotatable bonds is 4. The first-order valence-electron chi connectivity index (χ1n) is 5.96. The van der Waals surface area contributed by atoms with Crippen LogP contribution in [0.2, 0.25) is 10.0 Å². The van der Waals surface area contributed by atoms with Crippen molar-refractivity contribution >= 4 is 35.1 Å². The van der Waals surface area contributed by atoms with Crippen molar-refractivity contribution in [3.8, 4) is 5.75 Å². The molecule has 108 valence electrons. The highest BCUT2D eigenvalue weighted by Gasteiger charge is 2.32. The molecule has 5 nitrogen and oxygen atoms in total. The van der Waals surface area contributed by atoms with Crippen LogP contribution in [0.3, 0.4) is 0 Å². The normalized spacial score (nSPS) is 19.4. The lowest BCUT2D eigenvalue weighted by atomic mass is 10.3. The topological polar surface area (TPSA) is 61.8 Å². The van der Waals surface area contributed by atoms with Crippen molar-refractivity contribution in [1.29, 1.82) is 0 Å². The zero-order chi connectivity index (χ0) is 14.7. The number of esters is 2. The Morgan fingerprint density at radius 1 is 1.45 bits per heavy atom. The van der Waals surface area contributed by atoms with Crippen molar-refractivity contribution in [3.05, 3.63) is 28.2 Å². The first-order chi connectivity index (χ1) is 9.47. The Morgan fingerprint density at radius 2 is 2.20 bits per heavy atom. The van der Waals surface area contributed by atoms with Crippen LogP contribution in [0.25, 0.3) is 0 Å². The van der Waals surface area contributed by atoms with Crippen LogP contribution in [0, 0.1) is 0 Å². The molecule has 2 rings (SSSR count). The quantitative estimate of drug-likeness (QED) is 0.798. The molecular formula is C13H12Cl2O5. The van der Waals surface area contributed by atoms with E-state index < -0.39 is 24.1 Å². The summed E-state index contributed by atoms with van der Waals surface area (Å²) in [4.78, 5) is 23.0. The van der Waals surface area contributed by atoms with Gasteiger partial charge in [-0.15, -0.1) is 0 Å². The van der Waals surface area contributed by atoms with Gasteiger partial charge in [-0.25, -0.2) is 9.59 Å². The van der Waals surface area contributed by atoms with E-state index in [1.54, 1.807) is 12.1 Å². The Hall–Kier alpha value is -1.46. The summed E-state index contributed by atoms with van der Waals surface area (Å²) in [7, 11) is 0. The van der Waals surface area contributed by atoms with Crippen LogP contribution in [-0.4, -0.2) is 30.8 Å². The van der Waals surface area contributed by atoms with Crippen LogP contribution < -0.4 is 4.74 Å². The lowest BCUT2D eigenvalue weighted by molar-refractivity contribution is -0.164. The molecule has 1 aromatic rings. The standard InChI is InChI=1S/C13H12Cl2O5/c1-7(12(16)20-11-4-5-18-13(11)17)19-10-3-2-8(14)6-9(10)15/h2-3,6-7,11H,4-5H2,1H3. The smallest absolute Gasteiger partial charge is 0.347 e. The highest BCUT2D eigenvalue weighted by molar-refractivity contribution is 6.35. The fourth-order valence-corrected chi connectivity index (χ4v) is 2.08. The summed E-state index contributed by atoms with van der Waals surface area (Å²) in [5.41, 5.74) is 0. The Morgan fingerprint density at radius 3 is 2.80 bits per heavy atom. The zero-order valence-corrected chi connectivity index (χ0v) is 12.1. The second kappa shape index (κ2) is 6.33. The third-order valence-corrected chi connectivity index (χ3v) is 3.21. The lowest BCUT2D eigenvalue weighted by Crippen LogP contribution is -2.32. The average Bonchev–Trinajstić information content (AvgIpc) is 2.78. The number of cyclic esters (lactones) is 1. The third-order valence-electron chi connectivity index (χ3n) is 2.68. The molecule has 1 heterocycles. The summed E-state index contributed by atoms with van der Waals surface area (Å²) in [5.74, 6) is -0.871. The molecule has 7 heteroatoms. The Balaban J connectivity index is 1.95. The van der Waals surface area contributed by atoms with E-state index in [4.69, 9.17) is 37.4 Å². The molecule has 1 aromatic carbocycles. The van der Waals surface area contributed by atoms with Crippen molar-refractivity contribution < 1.29 is 23.8 Å². The molecule has 0 N–H and O–H groups in total. The predicted octanol–water partition coefficient (Wildman–Crippen LogP) is 2.62. The zero-order valence-electron chi connectivity index (χ0n) is 10.6. The monoisotopic (exact) mass is 318 g/mol. The van der Waals surface area contributed by atoms with Crippen molar-refractivity contribution in [3.63, 3.8) is 0 Å². The molecule has 1 aliphatic heterocycles. The van der Waals surface area contributed by atoms with E-state index in [-0.39, 0.29) is 11.6 Å². The minimum Gasteiger partial charge on any atom is -0.477 e. The maximum Gasteiger partial charge on any atom is 0.347 e. The van der Waals surface area contributed by atoms with Gasteiger partial charge in [0.05, 0.1) is 11.6 Å². The van der Waals surface area contributed by atoms with Crippen LogP contribution >= 0.6 is 23.2 Å². The van der Waals surface area contributed by atoms with E-state index in [2.05, 4.69) is 0 Å². The molecule has 0 aromatic heterocycles. The molecule has 0 radical (unpaired) electrons. The van der Waals surface area contributed by atoms with Crippen molar-refractivity contribution in [1.82, 2.24) is 0 Å². The summed E-state index contributed by atoms with van der Waals surface area (Å²) in [5, 5.41) is 0.753. The number of ether oxygens (including phenoxy) is 3. The van der Waals surface area contributed by atoms with Gasteiger partial charge in [-0.2, -0.15) is 0 Å². The van der Waals surface area contributed by atoms with Crippen LogP contribution in [0.4, 0.5) is 0 Å². The largest absolute Gasteiger partial charge is 0.477 e. The summed E-state index contributed by atoms with van der Waals surface area (Å²) in [6.07, 6.45) is -1.39. The van der Waals surface area contributed by atoms with E-state index in [9.17, 15) is 9.59 Å². The highest BCUT2D eigenvalue weighted by Crippen LogP contribution is 2.28. The van der Waals surface area contributed by atoms with Crippen molar-refractivity contribution in [2.24, 2.45) is 0 Å². The SMILES string of the molecule is CC(Oc1ccc(Cl)cc1Cl)C(=O)OC1CCOC1=O. The number of carbonyl (C=O) groups is 2. The maximum atomic E-state index is 11.8. The number of hydrogen-bond donors (Lipinski definition) is 0. The fraction of sp³-hybridized carbons (Fsp3) is 0.385. The van der Waals surface area contributed by atoms with Gasteiger partial charge in [0, 0.05) is 11.4 Å². The molecule has 0 saturated carbocycles. The molecule has 0 spiro atoms. The molecule has 0 amide bonds. The summed E-state index contributed by atoms with van der Waals surface area (Å²) in [6.45, 7) is 1.77. The molecule has 2 unspecified atom stereocenters. The number of halogens is 2. The summed E-state index contributed by atoms with van der Waals surface area (Å²) < 4.78 is 15.1. The molecule has 0 bridgehead atoms. The predicted molar refractivity (Wildman–Crippen MR) is 72.0 cm³/mol. The van der Waals surface area contributed by atoms with Crippen molar-refractivity contribution in [2.45, 2.75) is 25.6 Å². The molecule has 1 aliphatic rings. The first kappa shape index (κ1) is 14.9. The molecule has 1 saturated heterocycles. The average molecular weight is 319 g/mol. The Bertz CT molecular complexity index is 531. The summed E-state index contributed by atoms with van der Waals surface area (Å²) in [6, 6.07) is 4.65. The van der Waals surface area contributed by atoms with Gasteiger partial charge in [-0.1, -0.05) is 23.2 Å². The molecule has 0 aliphatic carbocycles. The minimum absolute atomic E-state index is 0.259. The van der Waals surface area contributed by atoms with Crippen LogP contribution in [0.15, 0.2) is 18.2 Å². The Labute approximate surface area is 125 Å². The molecule has 20 heavy (non-hydrogen) atoms. The first-order valence-corrected chi connectivity index (χ1v) is 6.72. The molecular weight excluding hydrogens is 307 g/mol. The third kappa shape index (κ3) is 3.55. The number of hydrogen-bond acceptors (Lipinski definition) is 5. The molecule has 1 fully saturated rings. The highest BCUT2D eigenvalue weighted by atomic mass is 35.5. The van der Waals surface area contributed by atoms with E-state index in [1.807, 2.05) is 0 Å². The fourth-order valence-electron chi connectivity index (χ4n) is 1.63. The molecule has 2 atom stereocenters. The van der Waals surface area contributed by atoms with E-state index in [1.165, 1.54) is 13.0 Å². The minimum atomic E-state index is -0.901. The van der Waals surface area contributed by atoms with Crippen LogP contribution in [0.5, 0.6) is 5.75 Å². The van der Waals surface area contributed by atoms with Gasteiger partial charge in [0.15, 0.2) is 6.10 Å². The van der Waals surface area contributed by atoms with Gasteiger partial charge >= 0.3 is 11.9 Å². The second-order valence-electron chi connectivity index (χ2n) is 4.22. The van der Waals surface area contributed by atoms with Gasteiger partial charge in [-0.3, -0.25) is 0 Å². The van der Waals surface area contributed by atoms with E-state index in [0.29, 0.717) is 17.2 Å². The van der Waals surface area contributed by atoms with Gasteiger partial charge in [-0.05, 0) is 25.1 Å². The lowest BCUT2D eigenvalue weighted by Gasteiger charge is -2.16. The van der Waals surface area contributed by atoms with Crippen LogP contribution in [-0.2, 0) is 19.1 Å². The van der Waals surface area contributed by atoms with Gasteiger partial charge < -0.3 is 14.2 Å². The van der Waals surface area contributed by atoms with Crippen LogP contribution in [0.1, 0.15) is 13.3 Å². The van der Waals surface area contributed by atoms with Crippen molar-refractivity contribution in [2.75, 3.05) is 6.61 Å². The van der Waals surface area contributed by atoms with Gasteiger partial charge in [0.25, 0.3) is 0 Å². The Kier molecular flexibility index (Phi) is 4.73. The number of benzene rings is 1. The second-order valence-corrected chi connectivity index (χ2v) is 5.06. The van der Waals surface area contributed by atoms with Gasteiger partial charge in [0.1, 0.15) is 5.75 Å². The van der Waals surface area contributed by atoms with E-state index >= 15 is 0 Å². The van der Waals surface area contributed by atoms with E-state index in [0.717, 1.165) is 0 Å². The number of carbonyl (C=O) groups excluding carboxylic acids is 2.